The van der Waals surface area contributed by atoms with Crippen molar-refractivity contribution in [3.05, 3.63) is 76.5 Å². The number of carbonyl (C=O) groups excluding carboxylic acids is 1. The number of thiophene rings is 1. The Morgan fingerprint density at radius 1 is 1.13 bits per heavy atom. The molecule has 156 valence electrons. The predicted molar refractivity (Wildman–Crippen MR) is 119 cm³/mol. The summed E-state index contributed by atoms with van der Waals surface area (Å²) in [4.78, 5) is 13.4. The van der Waals surface area contributed by atoms with E-state index in [2.05, 4.69) is 10.5 Å². The fraction of sp³-hybridized carbons (Fsp3) is 0.143. The Kier molecular flexibility index (Phi) is 6.86. The Labute approximate surface area is 179 Å². The van der Waals surface area contributed by atoms with Crippen molar-refractivity contribution in [2.24, 2.45) is 5.10 Å². The maximum atomic E-state index is 13.3. The molecular weight excluding hydrogens is 422 g/mol. The number of hydrogen-bond donors (Lipinski definition) is 1. The molecule has 0 saturated carbocycles. The zero-order valence-electron chi connectivity index (χ0n) is 16.5. The van der Waals surface area contributed by atoms with Crippen molar-refractivity contribution in [2.75, 3.05) is 18.0 Å². The van der Waals surface area contributed by atoms with Gasteiger partial charge in [0.25, 0.3) is 15.9 Å². The molecule has 0 atom stereocenters. The number of hydrazone groups is 1. The minimum absolute atomic E-state index is 0.0961. The van der Waals surface area contributed by atoms with Gasteiger partial charge >= 0.3 is 0 Å². The number of hydrogen-bond acceptors (Lipinski definition) is 6. The number of ether oxygens (including phenoxy) is 1. The first-order chi connectivity index (χ1) is 14.4. The van der Waals surface area contributed by atoms with Gasteiger partial charge in [-0.05, 0) is 54.8 Å². The molecule has 30 heavy (non-hydrogen) atoms. The molecule has 0 spiro atoms. The van der Waals surface area contributed by atoms with Gasteiger partial charge in [-0.3, -0.25) is 9.10 Å². The van der Waals surface area contributed by atoms with E-state index < -0.39 is 22.5 Å². The molecular formula is C21H21N3O4S2. The van der Waals surface area contributed by atoms with Gasteiger partial charge in [-0.1, -0.05) is 23.8 Å². The number of aryl methyl sites for hydroxylation is 1. The van der Waals surface area contributed by atoms with Crippen LogP contribution < -0.4 is 14.5 Å². The second-order valence-corrected chi connectivity index (χ2v) is 9.17. The van der Waals surface area contributed by atoms with E-state index in [9.17, 15) is 13.2 Å². The topological polar surface area (TPSA) is 88.1 Å². The van der Waals surface area contributed by atoms with Gasteiger partial charge in [0.2, 0.25) is 0 Å². The molecule has 0 fully saturated rings. The van der Waals surface area contributed by atoms with Gasteiger partial charge in [-0.15, -0.1) is 11.3 Å². The Morgan fingerprint density at radius 3 is 2.43 bits per heavy atom. The quantitative estimate of drug-likeness (QED) is 0.427. The van der Waals surface area contributed by atoms with Crippen LogP contribution in [0.1, 0.15) is 10.4 Å². The standard InChI is InChI=1S/C21H21N3O4S2/c1-16-5-11-20(12-6-16)30(26,27)24(17-7-9-18(28-2)10-8-17)15-21(25)23-22-14-19-4-3-13-29-19/h3-14H,15H2,1-2H3,(H,23,25)/b22-14-. The number of nitrogens with one attached hydrogen (secondary N) is 1. The number of benzene rings is 2. The van der Waals surface area contributed by atoms with Crippen molar-refractivity contribution >= 4 is 39.2 Å². The highest BCUT2D eigenvalue weighted by Gasteiger charge is 2.27. The zero-order chi connectivity index (χ0) is 21.6. The van der Waals surface area contributed by atoms with E-state index in [0.717, 1.165) is 14.7 Å². The van der Waals surface area contributed by atoms with Gasteiger partial charge < -0.3 is 4.74 Å². The van der Waals surface area contributed by atoms with Gasteiger partial charge in [0.15, 0.2) is 0 Å². The Balaban J connectivity index is 1.86. The van der Waals surface area contributed by atoms with Crippen LogP contribution in [0.2, 0.25) is 0 Å². The SMILES string of the molecule is COc1ccc(N(CC(=O)N/N=C\c2cccs2)S(=O)(=O)c2ccc(C)cc2)cc1. The lowest BCUT2D eigenvalue weighted by Crippen LogP contribution is -2.39. The minimum atomic E-state index is -3.97. The van der Waals surface area contributed by atoms with E-state index in [1.54, 1.807) is 36.4 Å². The smallest absolute Gasteiger partial charge is 0.264 e. The lowest BCUT2D eigenvalue weighted by Gasteiger charge is -2.24. The van der Waals surface area contributed by atoms with Crippen LogP contribution in [0.3, 0.4) is 0 Å². The molecule has 0 aliphatic heterocycles. The minimum Gasteiger partial charge on any atom is -0.497 e. The molecule has 3 aromatic rings. The van der Waals surface area contributed by atoms with Gasteiger partial charge in [0.1, 0.15) is 12.3 Å². The van der Waals surface area contributed by atoms with Crippen molar-refractivity contribution < 1.29 is 17.9 Å². The van der Waals surface area contributed by atoms with Gasteiger partial charge in [-0.25, -0.2) is 13.8 Å². The molecule has 2 aromatic carbocycles. The maximum absolute atomic E-state index is 13.3. The maximum Gasteiger partial charge on any atom is 0.264 e. The van der Waals surface area contributed by atoms with E-state index in [1.807, 2.05) is 24.4 Å². The van der Waals surface area contributed by atoms with E-state index >= 15 is 0 Å². The molecule has 0 saturated heterocycles. The summed E-state index contributed by atoms with van der Waals surface area (Å²) in [6, 6.07) is 16.6. The fourth-order valence-corrected chi connectivity index (χ4v) is 4.61. The van der Waals surface area contributed by atoms with Gasteiger partial charge in [-0.2, -0.15) is 5.10 Å². The second kappa shape index (κ2) is 9.55. The third-order valence-electron chi connectivity index (χ3n) is 4.18. The monoisotopic (exact) mass is 443 g/mol. The van der Waals surface area contributed by atoms with Crippen molar-refractivity contribution in [1.82, 2.24) is 5.43 Å². The highest BCUT2D eigenvalue weighted by Crippen LogP contribution is 2.26. The molecule has 1 aromatic heterocycles. The summed E-state index contributed by atoms with van der Waals surface area (Å²) in [5.74, 6) is 0.0192. The van der Waals surface area contributed by atoms with Gasteiger partial charge in [0, 0.05) is 4.88 Å². The summed E-state index contributed by atoms with van der Waals surface area (Å²) in [6.07, 6.45) is 1.51. The Morgan fingerprint density at radius 2 is 1.83 bits per heavy atom. The first-order valence-corrected chi connectivity index (χ1v) is 11.3. The first kappa shape index (κ1) is 21.5. The van der Waals surface area contributed by atoms with Gasteiger partial charge in [0.05, 0.1) is 23.9 Å². The fourth-order valence-electron chi connectivity index (χ4n) is 2.60. The lowest BCUT2D eigenvalue weighted by atomic mass is 10.2. The van der Waals surface area contributed by atoms with Crippen molar-refractivity contribution in [1.29, 1.82) is 0 Å². The molecule has 0 bridgehead atoms. The number of anilines is 1. The summed E-state index contributed by atoms with van der Waals surface area (Å²) >= 11 is 1.47. The van der Waals surface area contributed by atoms with Crippen LogP contribution in [0.5, 0.6) is 5.75 Å². The predicted octanol–water partition coefficient (Wildman–Crippen LogP) is 3.41. The lowest BCUT2D eigenvalue weighted by molar-refractivity contribution is -0.119. The molecule has 9 heteroatoms. The number of methoxy groups -OCH3 is 1. The Hall–Kier alpha value is -3.17. The molecule has 0 aliphatic rings. The number of amides is 1. The van der Waals surface area contributed by atoms with Crippen LogP contribution in [-0.4, -0.2) is 34.2 Å². The third kappa shape index (κ3) is 5.25. The van der Waals surface area contributed by atoms with Crippen LogP contribution in [-0.2, 0) is 14.8 Å². The summed E-state index contributed by atoms with van der Waals surface area (Å²) in [5.41, 5.74) is 3.66. The molecule has 3 rings (SSSR count). The van der Waals surface area contributed by atoms with E-state index in [1.165, 1.54) is 36.8 Å². The summed E-state index contributed by atoms with van der Waals surface area (Å²) in [6.45, 7) is 1.45. The normalized spacial score (nSPS) is 11.4. The highest BCUT2D eigenvalue weighted by atomic mass is 32.2. The van der Waals surface area contributed by atoms with E-state index in [0.29, 0.717) is 11.4 Å². The first-order valence-electron chi connectivity index (χ1n) is 8.99. The highest BCUT2D eigenvalue weighted by molar-refractivity contribution is 7.92. The molecule has 0 aliphatic carbocycles. The molecule has 1 amide bonds. The molecule has 0 radical (unpaired) electrons. The van der Waals surface area contributed by atoms with Crippen molar-refractivity contribution in [2.45, 2.75) is 11.8 Å². The number of carbonyl (C=O) groups is 1. The second-order valence-electron chi connectivity index (χ2n) is 6.33. The molecule has 1 heterocycles. The van der Waals surface area contributed by atoms with Crippen molar-refractivity contribution in [3.63, 3.8) is 0 Å². The Bertz CT molecular complexity index is 1110. The van der Waals surface area contributed by atoms with Crippen molar-refractivity contribution in [3.8, 4) is 5.75 Å². The van der Waals surface area contributed by atoms with Crippen LogP contribution >= 0.6 is 11.3 Å². The number of sulfonamides is 1. The van der Waals surface area contributed by atoms with Crippen LogP contribution in [0.4, 0.5) is 5.69 Å². The zero-order valence-corrected chi connectivity index (χ0v) is 18.1. The summed E-state index contributed by atoms with van der Waals surface area (Å²) < 4.78 is 32.7. The van der Waals surface area contributed by atoms with Crippen LogP contribution in [0.15, 0.2) is 76.0 Å². The van der Waals surface area contributed by atoms with E-state index in [-0.39, 0.29) is 4.90 Å². The third-order valence-corrected chi connectivity index (χ3v) is 6.78. The largest absolute Gasteiger partial charge is 0.497 e. The molecule has 0 unspecified atom stereocenters. The molecule has 7 nitrogen and oxygen atoms in total. The summed E-state index contributed by atoms with van der Waals surface area (Å²) in [7, 11) is -2.45. The number of nitrogens with zero attached hydrogens (tertiary/aromatic N) is 2. The number of rotatable bonds is 8. The van der Waals surface area contributed by atoms with Crippen LogP contribution in [0.25, 0.3) is 0 Å². The molecule has 1 N–H and O–H groups in total. The van der Waals surface area contributed by atoms with E-state index in [4.69, 9.17) is 4.74 Å². The average molecular weight is 444 g/mol. The average Bonchev–Trinajstić information content (AvgIpc) is 3.26. The van der Waals surface area contributed by atoms with Crippen LogP contribution in [0, 0.1) is 6.92 Å². The summed E-state index contributed by atoms with van der Waals surface area (Å²) in [5, 5.41) is 5.79.